The lowest BCUT2D eigenvalue weighted by Gasteiger charge is -2.33. The smallest absolute Gasteiger partial charge is 0.381 e. The van der Waals surface area contributed by atoms with Gasteiger partial charge >= 0.3 is 6.18 Å². The molecule has 184 valence electrons. The molecule has 0 aromatic heterocycles. The summed E-state index contributed by atoms with van der Waals surface area (Å²) in [5.41, 5.74) is 11.4. The monoisotopic (exact) mass is 472 g/mol. The molecule has 0 bridgehead atoms. The molecule has 2 aliphatic rings. The van der Waals surface area contributed by atoms with Crippen LogP contribution in [0.15, 0.2) is 36.4 Å². The van der Waals surface area contributed by atoms with Crippen LogP contribution in [0.3, 0.4) is 0 Å². The van der Waals surface area contributed by atoms with Gasteiger partial charge in [-0.15, -0.1) is 0 Å². The van der Waals surface area contributed by atoms with E-state index in [2.05, 4.69) is 33.7 Å². The summed E-state index contributed by atoms with van der Waals surface area (Å²) in [6.45, 7) is 7.04. The molecule has 0 atom stereocenters. The van der Waals surface area contributed by atoms with E-state index in [9.17, 15) is 13.2 Å². The zero-order chi connectivity index (χ0) is 24.3. The normalized spacial score (nSPS) is 17.6. The standard InChI is InChI=1S/C27H35F3N4/c1-18-15-21(20-5-3-4-6-20)7-8-24(18)33-26-19(2)16-22(27(28,29)30)17-25(26)32-23-9-12-34(13-10-23)14-11-31/h5,7-8,15-17,23,32-33H,3-4,6,9-14,31H2,1-2H3. The number of benzene rings is 2. The lowest BCUT2D eigenvalue weighted by molar-refractivity contribution is -0.137. The predicted molar refractivity (Wildman–Crippen MR) is 135 cm³/mol. The van der Waals surface area contributed by atoms with Gasteiger partial charge in [-0.1, -0.05) is 12.1 Å². The molecule has 4 rings (SSSR count). The molecule has 1 fully saturated rings. The number of nitrogens with one attached hydrogen (secondary N) is 2. The van der Waals surface area contributed by atoms with Crippen molar-refractivity contribution >= 4 is 22.6 Å². The number of piperidine rings is 1. The number of allylic oxidation sites excluding steroid dienone is 2. The first-order valence-electron chi connectivity index (χ1n) is 12.2. The molecule has 0 spiro atoms. The van der Waals surface area contributed by atoms with E-state index in [1.165, 1.54) is 29.7 Å². The molecule has 2 aromatic carbocycles. The highest BCUT2D eigenvalue weighted by molar-refractivity contribution is 5.80. The van der Waals surface area contributed by atoms with E-state index in [0.29, 0.717) is 23.5 Å². The molecule has 1 aliphatic carbocycles. The second kappa shape index (κ2) is 10.4. The van der Waals surface area contributed by atoms with E-state index < -0.39 is 11.7 Å². The van der Waals surface area contributed by atoms with Crippen LogP contribution >= 0.6 is 0 Å². The Morgan fingerprint density at radius 1 is 1.03 bits per heavy atom. The van der Waals surface area contributed by atoms with Gasteiger partial charge in [0.05, 0.1) is 16.9 Å². The number of rotatable bonds is 7. The number of nitrogens with two attached hydrogens (primary N) is 1. The van der Waals surface area contributed by atoms with E-state index >= 15 is 0 Å². The molecule has 4 N–H and O–H groups in total. The van der Waals surface area contributed by atoms with Gasteiger partial charge < -0.3 is 21.3 Å². The Hall–Kier alpha value is -2.51. The Balaban J connectivity index is 1.60. The maximum atomic E-state index is 13.6. The van der Waals surface area contributed by atoms with E-state index in [1.807, 2.05) is 13.0 Å². The fourth-order valence-electron chi connectivity index (χ4n) is 5.01. The zero-order valence-corrected chi connectivity index (χ0v) is 20.1. The number of halogens is 3. The summed E-state index contributed by atoms with van der Waals surface area (Å²) in [6.07, 6.45) is 3.07. The predicted octanol–water partition coefficient (Wildman–Crippen LogP) is 6.47. The van der Waals surface area contributed by atoms with Crippen molar-refractivity contribution in [3.63, 3.8) is 0 Å². The van der Waals surface area contributed by atoms with Gasteiger partial charge in [-0.3, -0.25) is 0 Å². The van der Waals surface area contributed by atoms with Gasteiger partial charge in [-0.25, -0.2) is 0 Å². The third-order valence-corrected chi connectivity index (χ3v) is 6.95. The highest BCUT2D eigenvalue weighted by atomic mass is 19.4. The second-order valence-electron chi connectivity index (χ2n) is 9.54. The lowest BCUT2D eigenvalue weighted by Crippen LogP contribution is -2.41. The molecule has 1 saturated heterocycles. The van der Waals surface area contributed by atoms with Crippen molar-refractivity contribution in [1.29, 1.82) is 0 Å². The second-order valence-corrected chi connectivity index (χ2v) is 9.54. The van der Waals surface area contributed by atoms with Gasteiger partial charge in [0.2, 0.25) is 0 Å². The maximum absolute atomic E-state index is 13.6. The summed E-state index contributed by atoms with van der Waals surface area (Å²) >= 11 is 0. The van der Waals surface area contributed by atoms with Crippen LogP contribution in [-0.2, 0) is 6.18 Å². The highest BCUT2D eigenvalue weighted by Gasteiger charge is 2.32. The number of hydrogen-bond donors (Lipinski definition) is 3. The number of nitrogens with zero attached hydrogens (tertiary/aromatic N) is 1. The van der Waals surface area contributed by atoms with Crippen molar-refractivity contribution in [2.24, 2.45) is 5.73 Å². The van der Waals surface area contributed by atoms with Crippen molar-refractivity contribution in [2.75, 3.05) is 36.8 Å². The Morgan fingerprint density at radius 3 is 2.41 bits per heavy atom. The first kappa shape index (κ1) is 24.6. The van der Waals surface area contributed by atoms with Gasteiger partial charge in [0.1, 0.15) is 0 Å². The number of hydrogen-bond acceptors (Lipinski definition) is 4. The molecule has 1 aliphatic heterocycles. The average Bonchev–Trinajstić information content (AvgIpc) is 3.33. The molecular formula is C27H35F3N4. The van der Waals surface area contributed by atoms with Gasteiger partial charge in [0, 0.05) is 37.9 Å². The van der Waals surface area contributed by atoms with Crippen molar-refractivity contribution < 1.29 is 13.2 Å². The third-order valence-electron chi connectivity index (χ3n) is 6.95. The van der Waals surface area contributed by atoms with Crippen LogP contribution in [0.5, 0.6) is 0 Å². The number of alkyl halides is 3. The van der Waals surface area contributed by atoms with Crippen LogP contribution in [0.2, 0.25) is 0 Å². The zero-order valence-electron chi connectivity index (χ0n) is 20.1. The highest BCUT2D eigenvalue weighted by Crippen LogP contribution is 2.39. The SMILES string of the molecule is Cc1cc(C2=CCCC2)ccc1Nc1c(C)cc(C(F)(F)F)cc1NC1CCN(CCN)CC1. The van der Waals surface area contributed by atoms with Crippen LogP contribution in [0.25, 0.3) is 5.57 Å². The van der Waals surface area contributed by atoms with Gasteiger partial charge in [0.15, 0.2) is 0 Å². The van der Waals surface area contributed by atoms with E-state index in [4.69, 9.17) is 5.73 Å². The van der Waals surface area contributed by atoms with Crippen LogP contribution in [0.1, 0.15) is 54.4 Å². The molecular weight excluding hydrogens is 437 g/mol. The molecule has 1 heterocycles. The third kappa shape index (κ3) is 5.76. The largest absolute Gasteiger partial charge is 0.416 e. The van der Waals surface area contributed by atoms with Crippen molar-refractivity contribution in [3.8, 4) is 0 Å². The maximum Gasteiger partial charge on any atom is 0.416 e. The summed E-state index contributed by atoms with van der Waals surface area (Å²) in [5.74, 6) is 0. The lowest BCUT2D eigenvalue weighted by atomic mass is 10.0. The first-order chi connectivity index (χ1) is 16.2. The van der Waals surface area contributed by atoms with E-state index in [0.717, 1.165) is 56.6 Å². The summed E-state index contributed by atoms with van der Waals surface area (Å²) in [7, 11) is 0. The minimum absolute atomic E-state index is 0.121. The van der Waals surface area contributed by atoms with Crippen LogP contribution < -0.4 is 16.4 Å². The van der Waals surface area contributed by atoms with Crippen molar-refractivity contribution in [1.82, 2.24) is 4.90 Å². The molecule has 0 unspecified atom stereocenters. The fourth-order valence-corrected chi connectivity index (χ4v) is 5.01. The number of anilines is 3. The minimum atomic E-state index is -4.39. The molecule has 0 amide bonds. The molecule has 4 nitrogen and oxygen atoms in total. The number of likely N-dealkylation sites (tertiary alicyclic amines) is 1. The topological polar surface area (TPSA) is 53.3 Å². The van der Waals surface area contributed by atoms with Gasteiger partial charge in [-0.05, 0) is 92.5 Å². The quantitative estimate of drug-likeness (QED) is 0.432. The van der Waals surface area contributed by atoms with Crippen molar-refractivity contribution in [3.05, 3.63) is 58.7 Å². The molecule has 0 radical (unpaired) electrons. The Morgan fingerprint density at radius 2 is 1.79 bits per heavy atom. The van der Waals surface area contributed by atoms with Crippen LogP contribution in [0, 0.1) is 13.8 Å². The molecule has 7 heteroatoms. The fraction of sp³-hybridized carbons (Fsp3) is 0.481. The van der Waals surface area contributed by atoms with Gasteiger partial charge in [-0.2, -0.15) is 13.2 Å². The molecule has 0 saturated carbocycles. The average molecular weight is 473 g/mol. The van der Waals surface area contributed by atoms with E-state index in [-0.39, 0.29) is 6.04 Å². The molecule has 2 aromatic rings. The number of aryl methyl sites for hydroxylation is 2. The minimum Gasteiger partial charge on any atom is -0.381 e. The van der Waals surface area contributed by atoms with Crippen LogP contribution in [-0.4, -0.2) is 37.1 Å². The van der Waals surface area contributed by atoms with E-state index in [1.54, 1.807) is 6.92 Å². The summed E-state index contributed by atoms with van der Waals surface area (Å²) in [6, 6.07) is 8.90. The van der Waals surface area contributed by atoms with Crippen molar-refractivity contribution in [2.45, 2.75) is 58.2 Å². The summed E-state index contributed by atoms with van der Waals surface area (Å²) in [5, 5.41) is 6.88. The van der Waals surface area contributed by atoms with Gasteiger partial charge in [0.25, 0.3) is 0 Å². The Labute approximate surface area is 200 Å². The summed E-state index contributed by atoms with van der Waals surface area (Å²) in [4.78, 5) is 2.30. The van der Waals surface area contributed by atoms with Crippen LogP contribution in [0.4, 0.5) is 30.2 Å². The Kier molecular flexibility index (Phi) is 7.53. The molecule has 34 heavy (non-hydrogen) atoms. The summed E-state index contributed by atoms with van der Waals surface area (Å²) < 4.78 is 40.8. The first-order valence-corrected chi connectivity index (χ1v) is 12.2. The Bertz CT molecular complexity index is 1040.